The van der Waals surface area contributed by atoms with Crippen LogP contribution >= 0.6 is 11.8 Å². The predicted octanol–water partition coefficient (Wildman–Crippen LogP) is 4.46. The SMILES string of the molecule is CSCC(=O)C(Cc1ccccc1)NCC(CC(C)C)NC(=O)OCc1ccccc1. The van der Waals surface area contributed by atoms with E-state index in [0.29, 0.717) is 24.6 Å². The Morgan fingerprint density at radius 2 is 1.58 bits per heavy atom. The van der Waals surface area contributed by atoms with Gasteiger partial charge in [0.15, 0.2) is 5.78 Å². The fourth-order valence-corrected chi connectivity index (χ4v) is 3.86. The third kappa shape index (κ3) is 10.0. The zero-order chi connectivity index (χ0) is 22.5. The number of hydrogen-bond donors (Lipinski definition) is 2. The molecule has 0 spiro atoms. The fourth-order valence-electron chi connectivity index (χ4n) is 3.37. The van der Waals surface area contributed by atoms with Crippen LogP contribution in [0.25, 0.3) is 0 Å². The minimum atomic E-state index is -0.439. The number of Topliss-reactive ketones (excluding diaryl/α,β-unsaturated/α-hetero) is 1. The molecule has 0 radical (unpaired) electrons. The molecule has 2 rings (SSSR count). The Bertz CT molecular complexity index is 784. The zero-order valence-corrected chi connectivity index (χ0v) is 19.5. The van der Waals surface area contributed by atoms with Crippen LogP contribution in [0.2, 0.25) is 0 Å². The molecule has 2 unspecified atom stereocenters. The molecule has 168 valence electrons. The van der Waals surface area contributed by atoms with Gasteiger partial charge in [-0.05, 0) is 36.1 Å². The molecule has 0 aliphatic carbocycles. The van der Waals surface area contributed by atoms with Crippen LogP contribution in [0.5, 0.6) is 0 Å². The molecule has 0 heterocycles. The summed E-state index contributed by atoms with van der Waals surface area (Å²) in [5, 5.41) is 6.37. The average Bonchev–Trinajstić information content (AvgIpc) is 2.76. The lowest BCUT2D eigenvalue weighted by atomic mass is 10.0. The number of ketones is 1. The number of ether oxygens (including phenoxy) is 1. The van der Waals surface area contributed by atoms with E-state index in [0.717, 1.165) is 17.5 Å². The molecule has 2 N–H and O–H groups in total. The Morgan fingerprint density at radius 1 is 0.968 bits per heavy atom. The van der Waals surface area contributed by atoms with Gasteiger partial charge in [-0.15, -0.1) is 0 Å². The van der Waals surface area contributed by atoms with Gasteiger partial charge in [0.1, 0.15) is 6.61 Å². The summed E-state index contributed by atoms with van der Waals surface area (Å²) in [6, 6.07) is 19.2. The van der Waals surface area contributed by atoms with Crippen molar-refractivity contribution in [3.8, 4) is 0 Å². The number of carbonyl (C=O) groups is 2. The lowest BCUT2D eigenvalue weighted by Crippen LogP contribution is -2.48. The van der Waals surface area contributed by atoms with Crippen molar-refractivity contribution >= 4 is 23.6 Å². The zero-order valence-electron chi connectivity index (χ0n) is 18.7. The molecule has 2 aromatic rings. The molecule has 0 saturated heterocycles. The van der Waals surface area contributed by atoms with E-state index in [2.05, 4.69) is 24.5 Å². The first-order chi connectivity index (χ1) is 15.0. The number of thioether (sulfide) groups is 1. The number of carbonyl (C=O) groups excluding carboxylic acids is 2. The van der Waals surface area contributed by atoms with Gasteiger partial charge >= 0.3 is 6.09 Å². The van der Waals surface area contributed by atoms with Crippen LogP contribution in [0.15, 0.2) is 60.7 Å². The second kappa shape index (κ2) is 13.9. The second-order valence-electron chi connectivity index (χ2n) is 8.08. The molecule has 5 nitrogen and oxygen atoms in total. The van der Waals surface area contributed by atoms with Crippen molar-refractivity contribution in [2.24, 2.45) is 5.92 Å². The highest BCUT2D eigenvalue weighted by Gasteiger charge is 2.21. The number of hydrogen-bond acceptors (Lipinski definition) is 5. The number of rotatable bonds is 13. The Morgan fingerprint density at radius 3 is 2.16 bits per heavy atom. The van der Waals surface area contributed by atoms with Crippen LogP contribution in [0.1, 0.15) is 31.4 Å². The molecule has 0 aliphatic rings. The van der Waals surface area contributed by atoms with Crippen LogP contribution < -0.4 is 10.6 Å². The Kier molecular flexibility index (Phi) is 11.2. The summed E-state index contributed by atoms with van der Waals surface area (Å²) in [6.45, 7) is 4.97. The summed E-state index contributed by atoms with van der Waals surface area (Å²) in [5.41, 5.74) is 2.06. The van der Waals surface area contributed by atoms with Crippen molar-refractivity contribution in [3.05, 3.63) is 71.8 Å². The highest BCUT2D eigenvalue weighted by Crippen LogP contribution is 2.09. The third-order valence-corrected chi connectivity index (χ3v) is 5.43. The topological polar surface area (TPSA) is 67.4 Å². The van der Waals surface area contributed by atoms with Crippen molar-refractivity contribution in [2.45, 2.75) is 45.4 Å². The van der Waals surface area contributed by atoms with E-state index in [1.807, 2.05) is 66.9 Å². The van der Waals surface area contributed by atoms with E-state index in [4.69, 9.17) is 4.74 Å². The van der Waals surface area contributed by atoms with Crippen LogP contribution in [0.3, 0.4) is 0 Å². The Labute approximate surface area is 190 Å². The maximum Gasteiger partial charge on any atom is 0.407 e. The molecule has 0 aliphatic heterocycles. The normalized spacial score (nSPS) is 12.9. The number of alkyl carbamates (subject to hydrolysis) is 1. The number of amides is 1. The summed E-state index contributed by atoms with van der Waals surface area (Å²) in [4.78, 5) is 25.0. The van der Waals surface area contributed by atoms with Gasteiger partial charge < -0.3 is 15.4 Å². The van der Waals surface area contributed by atoms with Crippen molar-refractivity contribution in [3.63, 3.8) is 0 Å². The van der Waals surface area contributed by atoms with Gasteiger partial charge in [0.2, 0.25) is 0 Å². The van der Waals surface area contributed by atoms with E-state index in [1.54, 1.807) is 0 Å². The second-order valence-corrected chi connectivity index (χ2v) is 8.95. The first kappa shape index (κ1) is 25.0. The molecule has 0 bridgehead atoms. The average molecular weight is 443 g/mol. The first-order valence-corrected chi connectivity index (χ1v) is 12.1. The molecule has 31 heavy (non-hydrogen) atoms. The van der Waals surface area contributed by atoms with Crippen LogP contribution in [0.4, 0.5) is 4.79 Å². The number of benzene rings is 2. The largest absolute Gasteiger partial charge is 0.445 e. The fraction of sp³-hybridized carbons (Fsp3) is 0.440. The highest BCUT2D eigenvalue weighted by molar-refractivity contribution is 7.99. The summed E-state index contributed by atoms with van der Waals surface area (Å²) in [7, 11) is 0. The minimum absolute atomic E-state index is 0.122. The van der Waals surface area contributed by atoms with Gasteiger partial charge in [0.25, 0.3) is 0 Å². The van der Waals surface area contributed by atoms with Crippen LogP contribution in [0, 0.1) is 5.92 Å². The van der Waals surface area contributed by atoms with Gasteiger partial charge in [-0.2, -0.15) is 11.8 Å². The lowest BCUT2D eigenvalue weighted by Gasteiger charge is -2.24. The Balaban J connectivity index is 1.94. The molecule has 1 amide bonds. The quantitative estimate of drug-likeness (QED) is 0.479. The van der Waals surface area contributed by atoms with Crippen molar-refractivity contribution in [1.82, 2.24) is 10.6 Å². The molecule has 0 saturated carbocycles. The maximum absolute atomic E-state index is 12.7. The lowest BCUT2D eigenvalue weighted by molar-refractivity contribution is -0.118. The van der Waals surface area contributed by atoms with Crippen LogP contribution in [-0.2, 0) is 22.6 Å². The molecular formula is C25H34N2O3S. The van der Waals surface area contributed by atoms with Gasteiger partial charge in [0.05, 0.1) is 11.8 Å². The Hall–Kier alpha value is -2.31. The number of nitrogens with one attached hydrogen (secondary N) is 2. The van der Waals surface area contributed by atoms with Gasteiger partial charge in [-0.1, -0.05) is 74.5 Å². The van der Waals surface area contributed by atoms with Crippen molar-refractivity contribution < 1.29 is 14.3 Å². The van der Waals surface area contributed by atoms with Gasteiger partial charge in [0, 0.05) is 12.6 Å². The summed E-state index contributed by atoms with van der Waals surface area (Å²) >= 11 is 1.53. The summed E-state index contributed by atoms with van der Waals surface area (Å²) < 4.78 is 5.38. The standard InChI is InChI=1S/C25H34N2O3S/c1-19(2)14-22(27-25(29)30-17-21-12-8-5-9-13-21)16-26-23(24(28)18-31-3)15-20-10-6-4-7-11-20/h4-13,19,22-23,26H,14-18H2,1-3H3,(H,27,29). The molecule has 0 aromatic heterocycles. The van der Waals surface area contributed by atoms with Crippen molar-refractivity contribution in [2.75, 3.05) is 18.6 Å². The molecule has 2 atom stereocenters. The first-order valence-electron chi connectivity index (χ1n) is 10.7. The van der Waals surface area contributed by atoms with E-state index in [-0.39, 0.29) is 24.5 Å². The van der Waals surface area contributed by atoms with E-state index < -0.39 is 6.09 Å². The third-order valence-electron chi connectivity index (χ3n) is 4.86. The maximum atomic E-state index is 12.7. The monoisotopic (exact) mass is 442 g/mol. The molecule has 2 aromatic carbocycles. The predicted molar refractivity (Wildman–Crippen MR) is 128 cm³/mol. The molecule has 6 heteroatoms. The molecule has 0 fully saturated rings. The van der Waals surface area contributed by atoms with E-state index >= 15 is 0 Å². The van der Waals surface area contributed by atoms with Gasteiger partial charge in [-0.3, -0.25) is 4.79 Å². The highest BCUT2D eigenvalue weighted by atomic mass is 32.2. The summed E-state index contributed by atoms with van der Waals surface area (Å²) in [6.07, 6.45) is 2.92. The minimum Gasteiger partial charge on any atom is -0.445 e. The summed E-state index contributed by atoms with van der Waals surface area (Å²) in [5.74, 6) is 1.04. The molecular weight excluding hydrogens is 408 g/mol. The van der Waals surface area contributed by atoms with E-state index in [9.17, 15) is 9.59 Å². The van der Waals surface area contributed by atoms with Crippen molar-refractivity contribution in [1.29, 1.82) is 0 Å². The van der Waals surface area contributed by atoms with Gasteiger partial charge in [-0.25, -0.2) is 4.79 Å². The van der Waals surface area contributed by atoms with E-state index in [1.165, 1.54) is 11.8 Å². The van der Waals surface area contributed by atoms with Crippen LogP contribution in [-0.4, -0.2) is 42.5 Å². The smallest absolute Gasteiger partial charge is 0.407 e.